The van der Waals surface area contributed by atoms with Crippen molar-refractivity contribution < 1.29 is 0 Å². The first-order valence-corrected chi connectivity index (χ1v) is 7.23. The van der Waals surface area contributed by atoms with Crippen LogP contribution in [0, 0.1) is 11.8 Å². The molecule has 2 saturated heterocycles. The highest BCUT2D eigenvalue weighted by Crippen LogP contribution is 2.27. The van der Waals surface area contributed by atoms with Crippen LogP contribution in [-0.2, 0) is 6.54 Å². The van der Waals surface area contributed by atoms with E-state index in [9.17, 15) is 0 Å². The standard InChI is InChI=1S/C14H24N4/c1-3-11(2)18-5-4-14(16-18)10-17-8-12-6-15-7-13(12)9-17/h4-5,11-13,15H,3,6-10H2,1-2H3. The summed E-state index contributed by atoms with van der Waals surface area (Å²) in [6.45, 7) is 10.4. The van der Waals surface area contributed by atoms with E-state index in [2.05, 4.69) is 41.0 Å². The summed E-state index contributed by atoms with van der Waals surface area (Å²) in [5.74, 6) is 1.75. The van der Waals surface area contributed by atoms with Crippen molar-refractivity contribution >= 4 is 0 Å². The number of rotatable bonds is 4. The first-order valence-electron chi connectivity index (χ1n) is 7.23. The number of likely N-dealkylation sites (tertiary alicyclic amines) is 1. The molecule has 0 saturated carbocycles. The lowest BCUT2D eigenvalue weighted by atomic mass is 10.0. The van der Waals surface area contributed by atoms with Crippen LogP contribution in [0.1, 0.15) is 32.0 Å². The Morgan fingerprint density at radius 3 is 2.78 bits per heavy atom. The molecule has 3 atom stereocenters. The van der Waals surface area contributed by atoms with Crippen LogP contribution in [0.5, 0.6) is 0 Å². The number of hydrogen-bond acceptors (Lipinski definition) is 3. The maximum absolute atomic E-state index is 4.70. The van der Waals surface area contributed by atoms with Gasteiger partial charge in [-0.05, 0) is 44.3 Å². The zero-order valence-corrected chi connectivity index (χ0v) is 11.5. The molecule has 2 aliphatic heterocycles. The minimum absolute atomic E-state index is 0.515. The number of nitrogens with one attached hydrogen (secondary N) is 1. The van der Waals surface area contributed by atoms with Gasteiger partial charge in [0.2, 0.25) is 0 Å². The molecule has 0 spiro atoms. The fourth-order valence-electron chi connectivity index (χ4n) is 3.20. The van der Waals surface area contributed by atoms with E-state index in [0.717, 1.165) is 24.8 Å². The number of nitrogens with zero attached hydrogens (tertiary/aromatic N) is 3. The van der Waals surface area contributed by atoms with Crippen LogP contribution < -0.4 is 5.32 Å². The van der Waals surface area contributed by atoms with Crippen molar-refractivity contribution in [1.82, 2.24) is 20.0 Å². The molecule has 2 fully saturated rings. The molecular weight excluding hydrogens is 224 g/mol. The maximum Gasteiger partial charge on any atom is 0.0764 e. The molecule has 3 rings (SSSR count). The second kappa shape index (κ2) is 5.02. The minimum atomic E-state index is 0.515. The molecule has 0 radical (unpaired) electrons. The van der Waals surface area contributed by atoms with Crippen molar-refractivity contribution in [2.24, 2.45) is 11.8 Å². The zero-order chi connectivity index (χ0) is 12.5. The van der Waals surface area contributed by atoms with Gasteiger partial charge < -0.3 is 5.32 Å². The molecule has 0 aliphatic carbocycles. The Morgan fingerprint density at radius 1 is 1.39 bits per heavy atom. The Morgan fingerprint density at radius 2 is 2.11 bits per heavy atom. The van der Waals surface area contributed by atoms with E-state index in [1.165, 1.54) is 31.9 Å². The van der Waals surface area contributed by atoms with Crippen LogP contribution in [0.2, 0.25) is 0 Å². The highest BCUT2D eigenvalue weighted by Gasteiger charge is 2.35. The normalized spacial score (nSPS) is 29.7. The first-order chi connectivity index (χ1) is 8.76. The van der Waals surface area contributed by atoms with Crippen LogP contribution in [0.15, 0.2) is 12.3 Å². The van der Waals surface area contributed by atoms with E-state index in [4.69, 9.17) is 5.10 Å². The number of hydrogen-bond donors (Lipinski definition) is 1. The van der Waals surface area contributed by atoms with Gasteiger partial charge in [-0.3, -0.25) is 9.58 Å². The second-order valence-corrected chi connectivity index (χ2v) is 5.92. The first kappa shape index (κ1) is 12.2. The van der Waals surface area contributed by atoms with Crippen LogP contribution in [0.3, 0.4) is 0 Å². The summed E-state index contributed by atoms with van der Waals surface area (Å²) in [4.78, 5) is 2.57. The fraction of sp³-hybridized carbons (Fsp3) is 0.786. The average molecular weight is 248 g/mol. The van der Waals surface area contributed by atoms with Gasteiger partial charge in [-0.25, -0.2) is 0 Å². The van der Waals surface area contributed by atoms with Gasteiger partial charge in [0.1, 0.15) is 0 Å². The third-order valence-electron chi connectivity index (χ3n) is 4.56. The lowest BCUT2D eigenvalue weighted by Gasteiger charge is -2.15. The summed E-state index contributed by atoms with van der Waals surface area (Å²) in [6, 6.07) is 2.69. The molecule has 4 heteroatoms. The van der Waals surface area contributed by atoms with Gasteiger partial charge in [0.15, 0.2) is 0 Å². The van der Waals surface area contributed by atoms with Crippen molar-refractivity contribution in [2.75, 3.05) is 26.2 Å². The van der Waals surface area contributed by atoms with Gasteiger partial charge in [0.05, 0.1) is 5.69 Å². The highest BCUT2D eigenvalue weighted by molar-refractivity contribution is 5.01. The summed E-state index contributed by atoms with van der Waals surface area (Å²) < 4.78 is 2.10. The summed E-state index contributed by atoms with van der Waals surface area (Å²) in [7, 11) is 0. The molecule has 0 bridgehead atoms. The van der Waals surface area contributed by atoms with E-state index in [0.29, 0.717) is 6.04 Å². The predicted molar refractivity (Wildman–Crippen MR) is 72.4 cm³/mol. The van der Waals surface area contributed by atoms with Crippen LogP contribution in [-0.4, -0.2) is 40.9 Å². The van der Waals surface area contributed by atoms with E-state index in [1.807, 2.05) is 0 Å². The summed E-state index contributed by atoms with van der Waals surface area (Å²) >= 11 is 0. The maximum atomic E-state index is 4.70. The van der Waals surface area contributed by atoms with E-state index >= 15 is 0 Å². The molecule has 3 unspecified atom stereocenters. The molecular formula is C14H24N4. The number of aromatic nitrogens is 2. The van der Waals surface area contributed by atoms with Crippen LogP contribution in [0.25, 0.3) is 0 Å². The van der Waals surface area contributed by atoms with Gasteiger partial charge in [-0.2, -0.15) is 5.10 Å². The van der Waals surface area contributed by atoms with Gasteiger partial charge >= 0.3 is 0 Å². The number of fused-ring (bicyclic) bond motifs is 1. The van der Waals surface area contributed by atoms with Crippen molar-refractivity contribution in [2.45, 2.75) is 32.9 Å². The SMILES string of the molecule is CCC(C)n1ccc(CN2CC3CNCC3C2)n1. The van der Waals surface area contributed by atoms with E-state index in [-0.39, 0.29) is 0 Å². The van der Waals surface area contributed by atoms with Crippen molar-refractivity contribution in [3.63, 3.8) is 0 Å². The Labute approximate surface area is 109 Å². The smallest absolute Gasteiger partial charge is 0.0764 e. The van der Waals surface area contributed by atoms with Crippen LogP contribution >= 0.6 is 0 Å². The Kier molecular flexibility index (Phi) is 3.39. The third kappa shape index (κ3) is 2.31. The topological polar surface area (TPSA) is 33.1 Å². The van der Waals surface area contributed by atoms with Gasteiger partial charge in [-0.15, -0.1) is 0 Å². The molecule has 100 valence electrons. The summed E-state index contributed by atoms with van der Waals surface area (Å²) in [5, 5.41) is 8.19. The lowest BCUT2D eigenvalue weighted by Crippen LogP contribution is -2.25. The molecule has 1 aromatic rings. The molecule has 2 aliphatic rings. The summed E-state index contributed by atoms with van der Waals surface area (Å²) in [5.41, 5.74) is 1.23. The zero-order valence-electron chi connectivity index (χ0n) is 11.5. The molecule has 4 nitrogen and oxygen atoms in total. The Hall–Kier alpha value is -0.870. The molecule has 1 aromatic heterocycles. The minimum Gasteiger partial charge on any atom is -0.316 e. The molecule has 3 heterocycles. The van der Waals surface area contributed by atoms with E-state index < -0.39 is 0 Å². The molecule has 0 aromatic carbocycles. The van der Waals surface area contributed by atoms with Gasteiger partial charge in [0, 0.05) is 31.9 Å². The fourth-order valence-corrected chi connectivity index (χ4v) is 3.20. The van der Waals surface area contributed by atoms with Crippen molar-refractivity contribution in [3.8, 4) is 0 Å². The van der Waals surface area contributed by atoms with Gasteiger partial charge in [0.25, 0.3) is 0 Å². The van der Waals surface area contributed by atoms with Crippen LogP contribution in [0.4, 0.5) is 0 Å². The Bertz CT molecular complexity index is 388. The largest absolute Gasteiger partial charge is 0.316 e. The third-order valence-corrected chi connectivity index (χ3v) is 4.56. The molecule has 18 heavy (non-hydrogen) atoms. The quantitative estimate of drug-likeness (QED) is 0.876. The Balaban J connectivity index is 1.58. The van der Waals surface area contributed by atoms with Gasteiger partial charge in [-0.1, -0.05) is 6.92 Å². The summed E-state index contributed by atoms with van der Waals surface area (Å²) in [6.07, 6.45) is 3.27. The lowest BCUT2D eigenvalue weighted by molar-refractivity contribution is 0.299. The highest BCUT2D eigenvalue weighted by atomic mass is 15.3. The monoisotopic (exact) mass is 248 g/mol. The van der Waals surface area contributed by atoms with Crippen molar-refractivity contribution in [1.29, 1.82) is 0 Å². The molecule has 0 amide bonds. The average Bonchev–Trinajstić information content (AvgIpc) is 3.03. The van der Waals surface area contributed by atoms with Crippen molar-refractivity contribution in [3.05, 3.63) is 18.0 Å². The predicted octanol–water partition coefficient (Wildman–Crippen LogP) is 1.51. The second-order valence-electron chi connectivity index (χ2n) is 5.92. The molecule has 1 N–H and O–H groups in total. The van der Waals surface area contributed by atoms with E-state index in [1.54, 1.807) is 0 Å².